The van der Waals surface area contributed by atoms with E-state index >= 15 is 0 Å². The number of hydrogen-bond donors (Lipinski definition) is 1. The molecule has 0 spiro atoms. The van der Waals surface area contributed by atoms with Crippen molar-refractivity contribution in [2.75, 3.05) is 12.4 Å². The molecule has 8 nitrogen and oxygen atoms in total. The van der Waals surface area contributed by atoms with Gasteiger partial charge in [-0.25, -0.2) is 19.9 Å². The van der Waals surface area contributed by atoms with Gasteiger partial charge in [0.25, 0.3) is 5.91 Å². The van der Waals surface area contributed by atoms with Gasteiger partial charge in [0.2, 0.25) is 5.88 Å². The summed E-state index contributed by atoms with van der Waals surface area (Å²) in [6.07, 6.45) is 5.20. The number of fused-ring (bicyclic) bond motifs is 1. The number of nitrogens with one attached hydrogen (secondary N) is 1. The minimum Gasteiger partial charge on any atom is -0.480 e. The standard InChI is InChI=1S/C16H17N5O3/c1-16(2)15(22)21-12-9(24-16)6-17-13(20-12)10-11(8-4-5-8)18-7-19-14(10)23-3/h6-8H,4-5H2,1-3H3,(H,17,20,21,22). The molecule has 24 heavy (non-hydrogen) atoms. The van der Waals surface area contributed by atoms with E-state index < -0.39 is 5.60 Å². The summed E-state index contributed by atoms with van der Waals surface area (Å²) in [5, 5.41) is 2.77. The molecule has 0 aromatic carbocycles. The molecular weight excluding hydrogens is 310 g/mol. The van der Waals surface area contributed by atoms with Gasteiger partial charge in [-0.15, -0.1) is 0 Å². The molecule has 1 aliphatic carbocycles. The van der Waals surface area contributed by atoms with E-state index in [0.717, 1.165) is 18.5 Å². The highest BCUT2D eigenvalue weighted by Crippen LogP contribution is 2.45. The van der Waals surface area contributed by atoms with Gasteiger partial charge in [0.15, 0.2) is 23.0 Å². The van der Waals surface area contributed by atoms with E-state index in [9.17, 15) is 4.79 Å². The second-order valence-electron chi connectivity index (χ2n) is 6.39. The lowest BCUT2D eigenvalue weighted by Crippen LogP contribution is -2.46. The predicted molar refractivity (Wildman–Crippen MR) is 84.9 cm³/mol. The fourth-order valence-electron chi connectivity index (χ4n) is 2.65. The molecule has 1 saturated carbocycles. The Bertz CT molecular complexity index is 832. The van der Waals surface area contributed by atoms with E-state index in [2.05, 4.69) is 25.3 Å². The maximum Gasteiger partial charge on any atom is 0.269 e. The quantitative estimate of drug-likeness (QED) is 0.919. The van der Waals surface area contributed by atoms with Crippen molar-refractivity contribution in [3.05, 3.63) is 18.2 Å². The Balaban J connectivity index is 1.82. The third-order valence-electron chi connectivity index (χ3n) is 4.12. The first-order chi connectivity index (χ1) is 11.5. The SMILES string of the molecule is COc1ncnc(C2CC2)c1-c1ncc2c(n1)NC(=O)C(C)(C)O2. The van der Waals surface area contributed by atoms with Gasteiger partial charge in [0.1, 0.15) is 11.9 Å². The third kappa shape index (κ3) is 2.34. The molecule has 2 aromatic rings. The molecule has 3 heterocycles. The third-order valence-corrected chi connectivity index (χ3v) is 4.12. The summed E-state index contributed by atoms with van der Waals surface area (Å²) < 4.78 is 11.0. The van der Waals surface area contributed by atoms with Crippen LogP contribution in [0.25, 0.3) is 11.4 Å². The maximum atomic E-state index is 12.1. The van der Waals surface area contributed by atoms with E-state index in [4.69, 9.17) is 9.47 Å². The van der Waals surface area contributed by atoms with Gasteiger partial charge >= 0.3 is 0 Å². The summed E-state index contributed by atoms with van der Waals surface area (Å²) in [5.74, 6) is 1.75. The molecule has 0 bridgehead atoms. The number of nitrogens with zero attached hydrogens (tertiary/aromatic N) is 4. The first-order valence-corrected chi connectivity index (χ1v) is 7.76. The van der Waals surface area contributed by atoms with Gasteiger partial charge in [-0.05, 0) is 26.7 Å². The molecule has 0 unspecified atom stereocenters. The smallest absolute Gasteiger partial charge is 0.269 e. The molecule has 8 heteroatoms. The number of amides is 1. The summed E-state index contributed by atoms with van der Waals surface area (Å²) in [5.41, 5.74) is 0.597. The number of anilines is 1. The zero-order valence-corrected chi connectivity index (χ0v) is 13.7. The van der Waals surface area contributed by atoms with Crippen LogP contribution in [0.5, 0.6) is 11.6 Å². The monoisotopic (exact) mass is 327 g/mol. The van der Waals surface area contributed by atoms with Crippen LogP contribution in [0, 0.1) is 0 Å². The van der Waals surface area contributed by atoms with Crippen molar-refractivity contribution in [3.8, 4) is 23.0 Å². The Morgan fingerprint density at radius 2 is 2.08 bits per heavy atom. The van der Waals surface area contributed by atoms with E-state index in [1.807, 2.05) is 0 Å². The van der Waals surface area contributed by atoms with E-state index in [-0.39, 0.29) is 5.91 Å². The molecule has 2 aliphatic rings. The number of rotatable bonds is 3. The van der Waals surface area contributed by atoms with E-state index in [0.29, 0.717) is 34.8 Å². The number of hydrogen-bond acceptors (Lipinski definition) is 7. The Morgan fingerprint density at radius 1 is 1.29 bits per heavy atom. The van der Waals surface area contributed by atoms with Crippen LogP contribution < -0.4 is 14.8 Å². The maximum absolute atomic E-state index is 12.1. The van der Waals surface area contributed by atoms with Crippen LogP contribution in [0.2, 0.25) is 0 Å². The molecule has 1 amide bonds. The molecule has 124 valence electrons. The average Bonchev–Trinajstić information content (AvgIpc) is 3.39. The molecule has 0 radical (unpaired) electrons. The van der Waals surface area contributed by atoms with Crippen molar-refractivity contribution in [3.63, 3.8) is 0 Å². The second-order valence-corrected chi connectivity index (χ2v) is 6.39. The van der Waals surface area contributed by atoms with Crippen molar-refractivity contribution < 1.29 is 14.3 Å². The predicted octanol–water partition coefficient (Wildman–Crippen LogP) is 1.93. The Morgan fingerprint density at radius 3 is 2.79 bits per heavy atom. The number of carbonyl (C=O) groups is 1. The first-order valence-electron chi connectivity index (χ1n) is 7.76. The lowest BCUT2D eigenvalue weighted by molar-refractivity contribution is -0.129. The number of carbonyl (C=O) groups excluding carboxylic acids is 1. The summed E-state index contributed by atoms with van der Waals surface area (Å²) in [6.45, 7) is 3.39. The number of aromatic nitrogens is 4. The largest absolute Gasteiger partial charge is 0.480 e. The fourth-order valence-corrected chi connectivity index (χ4v) is 2.65. The van der Waals surface area contributed by atoms with Crippen molar-refractivity contribution in [1.29, 1.82) is 0 Å². The molecule has 2 aromatic heterocycles. The minimum absolute atomic E-state index is 0.252. The van der Waals surface area contributed by atoms with Gasteiger partial charge in [0.05, 0.1) is 19.0 Å². The fraction of sp³-hybridized carbons (Fsp3) is 0.438. The minimum atomic E-state index is -0.954. The Labute approximate surface area is 138 Å². The van der Waals surface area contributed by atoms with Crippen molar-refractivity contribution in [2.45, 2.75) is 38.2 Å². The lowest BCUT2D eigenvalue weighted by atomic mass is 10.1. The van der Waals surface area contributed by atoms with Gasteiger partial charge in [-0.2, -0.15) is 0 Å². The zero-order chi connectivity index (χ0) is 16.9. The summed E-state index contributed by atoms with van der Waals surface area (Å²) >= 11 is 0. The Hall–Kier alpha value is -2.77. The van der Waals surface area contributed by atoms with Crippen molar-refractivity contribution in [2.24, 2.45) is 0 Å². The zero-order valence-electron chi connectivity index (χ0n) is 13.7. The van der Waals surface area contributed by atoms with Crippen LogP contribution >= 0.6 is 0 Å². The van der Waals surface area contributed by atoms with Crippen LogP contribution in [0.4, 0.5) is 5.82 Å². The number of ether oxygens (including phenoxy) is 2. The molecule has 4 rings (SSSR count). The summed E-state index contributed by atoms with van der Waals surface area (Å²) in [7, 11) is 1.55. The molecule has 1 aliphatic heterocycles. The highest BCUT2D eigenvalue weighted by atomic mass is 16.5. The van der Waals surface area contributed by atoms with Gasteiger partial charge < -0.3 is 14.8 Å². The molecule has 1 fully saturated rings. The summed E-state index contributed by atoms with van der Waals surface area (Å²) in [4.78, 5) is 29.5. The first kappa shape index (κ1) is 14.8. The van der Waals surface area contributed by atoms with Crippen molar-refractivity contribution >= 4 is 11.7 Å². The van der Waals surface area contributed by atoms with Crippen molar-refractivity contribution in [1.82, 2.24) is 19.9 Å². The highest BCUT2D eigenvalue weighted by molar-refractivity contribution is 5.99. The second kappa shape index (κ2) is 5.12. The average molecular weight is 327 g/mol. The van der Waals surface area contributed by atoms with Crippen LogP contribution in [-0.4, -0.2) is 38.6 Å². The molecular formula is C16H17N5O3. The number of methoxy groups -OCH3 is 1. The normalized spacial score (nSPS) is 18.4. The lowest BCUT2D eigenvalue weighted by Gasteiger charge is -2.30. The van der Waals surface area contributed by atoms with Gasteiger partial charge in [-0.3, -0.25) is 4.79 Å². The van der Waals surface area contributed by atoms with Gasteiger partial charge in [-0.1, -0.05) is 0 Å². The Kier molecular flexibility index (Phi) is 3.16. The summed E-state index contributed by atoms with van der Waals surface area (Å²) in [6, 6.07) is 0. The topological polar surface area (TPSA) is 99.1 Å². The van der Waals surface area contributed by atoms with E-state index in [1.165, 1.54) is 6.33 Å². The van der Waals surface area contributed by atoms with Crippen LogP contribution in [-0.2, 0) is 4.79 Å². The van der Waals surface area contributed by atoms with E-state index in [1.54, 1.807) is 27.2 Å². The van der Waals surface area contributed by atoms with Crippen LogP contribution in [0.1, 0.15) is 38.3 Å². The van der Waals surface area contributed by atoms with Crippen LogP contribution in [0.3, 0.4) is 0 Å². The molecule has 0 atom stereocenters. The van der Waals surface area contributed by atoms with Gasteiger partial charge in [0, 0.05) is 5.92 Å². The van der Waals surface area contributed by atoms with Crippen LogP contribution in [0.15, 0.2) is 12.5 Å². The molecule has 0 saturated heterocycles. The molecule has 1 N–H and O–H groups in total. The highest BCUT2D eigenvalue weighted by Gasteiger charge is 2.37.